The van der Waals surface area contributed by atoms with Gasteiger partial charge in [0, 0.05) is 11.9 Å². The average molecular weight is 258 g/mol. The van der Waals surface area contributed by atoms with Crippen molar-refractivity contribution >= 4 is 27.7 Å². The highest BCUT2D eigenvalue weighted by Crippen LogP contribution is 2.34. The lowest BCUT2D eigenvalue weighted by atomic mass is 9.85. The predicted molar refractivity (Wildman–Crippen MR) is 55.9 cm³/mol. The third kappa shape index (κ3) is 1.41. The molecule has 2 unspecified atom stereocenters. The maximum Gasteiger partial charge on any atom is 0.233 e. The number of imide groups is 1. The van der Waals surface area contributed by atoms with Crippen LogP contribution in [0.3, 0.4) is 0 Å². The molecule has 1 aliphatic heterocycles. The molecule has 2 aliphatic rings. The van der Waals surface area contributed by atoms with Gasteiger partial charge in [0.2, 0.25) is 11.8 Å². The first kappa shape index (κ1) is 9.90. The molecule has 76 valence electrons. The summed E-state index contributed by atoms with van der Waals surface area (Å²) in [5.41, 5.74) is 0. The second-order valence-electron chi connectivity index (χ2n) is 3.67. The zero-order chi connectivity index (χ0) is 10.1. The molecule has 0 aromatic carbocycles. The summed E-state index contributed by atoms with van der Waals surface area (Å²) in [7, 11) is 0. The third-order valence-electron chi connectivity index (χ3n) is 2.91. The van der Waals surface area contributed by atoms with Crippen LogP contribution in [0.4, 0.5) is 0 Å². The van der Waals surface area contributed by atoms with Gasteiger partial charge in [-0.05, 0) is 12.8 Å². The second kappa shape index (κ2) is 3.85. The molecule has 1 heterocycles. The summed E-state index contributed by atoms with van der Waals surface area (Å²) in [5.74, 6) is -0.120. The number of hydrogen-bond acceptors (Lipinski definition) is 2. The van der Waals surface area contributed by atoms with E-state index in [1.165, 1.54) is 4.90 Å². The number of allylic oxidation sites excluding steroid dienone is 2. The number of carbonyl (C=O) groups is 2. The summed E-state index contributed by atoms with van der Waals surface area (Å²) < 4.78 is 0. The van der Waals surface area contributed by atoms with Crippen molar-refractivity contribution in [3.05, 3.63) is 12.2 Å². The molecule has 0 aromatic rings. The van der Waals surface area contributed by atoms with Gasteiger partial charge in [-0.15, -0.1) is 0 Å². The zero-order valence-electron chi connectivity index (χ0n) is 7.78. The van der Waals surface area contributed by atoms with E-state index >= 15 is 0 Å². The summed E-state index contributed by atoms with van der Waals surface area (Å²) in [6.45, 7) is 0.505. The van der Waals surface area contributed by atoms with Gasteiger partial charge in [0.15, 0.2) is 0 Å². The lowest BCUT2D eigenvalue weighted by Crippen LogP contribution is -2.32. The maximum absolute atomic E-state index is 11.8. The Morgan fingerprint density at radius 2 is 1.71 bits per heavy atom. The van der Waals surface area contributed by atoms with Gasteiger partial charge < -0.3 is 0 Å². The van der Waals surface area contributed by atoms with Gasteiger partial charge in [0.25, 0.3) is 0 Å². The summed E-state index contributed by atoms with van der Waals surface area (Å²) in [6.07, 6.45) is 5.47. The normalized spacial score (nSPS) is 31.1. The molecule has 0 aromatic heterocycles. The molecule has 2 rings (SSSR count). The molecule has 3 nitrogen and oxygen atoms in total. The molecule has 0 spiro atoms. The Morgan fingerprint density at radius 1 is 1.21 bits per heavy atom. The van der Waals surface area contributed by atoms with E-state index in [1.807, 2.05) is 12.2 Å². The first-order valence-electron chi connectivity index (χ1n) is 4.82. The van der Waals surface area contributed by atoms with Crippen molar-refractivity contribution in [3.8, 4) is 0 Å². The van der Waals surface area contributed by atoms with E-state index < -0.39 is 0 Å². The lowest BCUT2D eigenvalue weighted by molar-refractivity contribution is -0.139. The number of nitrogens with zero attached hydrogens (tertiary/aromatic N) is 1. The van der Waals surface area contributed by atoms with Crippen LogP contribution in [-0.4, -0.2) is 28.6 Å². The van der Waals surface area contributed by atoms with Gasteiger partial charge in [-0.3, -0.25) is 14.5 Å². The quantitative estimate of drug-likeness (QED) is 0.425. The summed E-state index contributed by atoms with van der Waals surface area (Å²) >= 11 is 3.25. The van der Waals surface area contributed by atoms with Crippen LogP contribution in [0.1, 0.15) is 12.8 Å². The largest absolute Gasteiger partial charge is 0.281 e. The van der Waals surface area contributed by atoms with E-state index in [4.69, 9.17) is 0 Å². The van der Waals surface area contributed by atoms with Gasteiger partial charge in [-0.25, -0.2) is 0 Å². The van der Waals surface area contributed by atoms with E-state index in [0.29, 0.717) is 11.9 Å². The number of fused-ring (bicyclic) bond motifs is 1. The summed E-state index contributed by atoms with van der Waals surface area (Å²) in [5, 5.41) is 0.664. The molecular weight excluding hydrogens is 246 g/mol. The maximum atomic E-state index is 11.8. The number of amides is 2. The molecule has 0 radical (unpaired) electrons. The fourth-order valence-electron chi connectivity index (χ4n) is 2.17. The molecule has 1 fully saturated rings. The highest BCUT2D eigenvalue weighted by Gasteiger charge is 2.46. The van der Waals surface area contributed by atoms with Crippen LogP contribution in [0, 0.1) is 11.8 Å². The number of hydrogen-bond donors (Lipinski definition) is 0. The molecule has 2 atom stereocenters. The van der Waals surface area contributed by atoms with Crippen LogP contribution >= 0.6 is 15.9 Å². The predicted octanol–water partition coefficient (Wildman–Crippen LogP) is 1.33. The monoisotopic (exact) mass is 257 g/mol. The van der Waals surface area contributed by atoms with Gasteiger partial charge in [0.05, 0.1) is 11.8 Å². The molecular formula is C10H12BrNO2. The van der Waals surface area contributed by atoms with Gasteiger partial charge in [-0.2, -0.15) is 0 Å². The molecule has 1 saturated heterocycles. The molecule has 14 heavy (non-hydrogen) atoms. The van der Waals surface area contributed by atoms with Gasteiger partial charge in [-0.1, -0.05) is 28.1 Å². The van der Waals surface area contributed by atoms with Crippen molar-refractivity contribution in [1.29, 1.82) is 0 Å². The lowest BCUT2D eigenvalue weighted by Gasteiger charge is -2.14. The number of likely N-dealkylation sites (tertiary alicyclic amines) is 1. The molecule has 0 bridgehead atoms. The smallest absolute Gasteiger partial charge is 0.233 e. The average Bonchev–Trinajstić information content (AvgIpc) is 2.45. The fourth-order valence-corrected chi connectivity index (χ4v) is 2.53. The standard InChI is InChI=1S/C10H12BrNO2/c11-5-6-12-9(13)7-3-1-2-4-8(7)10(12)14/h1-2,7-8H,3-6H2. The van der Waals surface area contributed by atoms with Crippen LogP contribution in [0.5, 0.6) is 0 Å². The van der Waals surface area contributed by atoms with Crippen molar-refractivity contribution < 1.29 is 9.59 Å². The van der Waals surface area contributed by atoms with E-state index in [2.05, 4.69) is 15.9 Å². The highest BCUT2D eigenvalue weighted by atomic mass is 79.9. The minimum absolute atomic E-state index is 0.0174. The third-order valence-corrected chi connectivity index (χ3v) is 3.26. The van der Waals surface area contributed by atoms with Crippen molar-refractivity contribution in [1.82, 2.24) is 4.90 Å². The van der Waals surface area contributed by atoms with E-state index in [9.17, 15) is 9.59 Å². The Hall–Kier alpha value is -0.640. The van der Waals surface area contributed by atoms with Crippen LogP contribution in [0.2, 0.25) is 0 Å². The van der Waals surface area contributed by atoms with E-state index in [1.54, 1.807) is 0 Å². The second-order valence-corrected chi connectivity index (χ2v) is 4.47. The Kier molecular flexibility index (Phi) is 2.72. The number of halogens is 1. The van der Waals surface area contributed by atoms with Crippen molar-refractivity contribution in [3.63, 3.8) is 0 Å². The first-order chi connectivity index (χ1) is 6.75. The fraction of sp³-hybridized carbons (Fsp3) is 0.600. The summed E-state index contributed by atoms with van der Waals surface area (Å²) in [6, 6.07) is 0. The minimum atomic E-state index is -0.0773. The van der Waals surface area contributed by atoms with Crippen molar-refractivity contribution in [2.24, 2.45) is 11.8 Å². The van der Waals surface area contributed by atoms with Gasteiger partial charge >= 0.3 is 0 Å². The highest BCUT2D eigenvalue weighted by molar-refractivity contribution is 9.09. The SMILES string of the molecule is O=C1C2CC=CCC2C(=O)N1CCBr. The van der Waals surface area contributed by atoms with Crippen LogP contribution in [0.25, 0.3) is 0 Å². The number of alkyl halides is 1. The molecule has 0 saturated carbocycles. The Bertz CT molecular complexity index is 274. The number of carbonyl (C=O) groups excluding carboxylic acids is 2. The zero-order valence-corrected chi connectivity index (χ0v) is 9.37. The van der Waals surface area contributed by atoms with Crippen molar-refractivity contribution in [2.45, 2.75) is 12.8 Å². The molecule has 1 aliphatic carbocycles. The van der Waals surface area contributed by atoms with Crippen LogP contribution in [-0.2, 0) is 9.59 Å². The minimum Gasteiger partial charge on any atom is -0.281 e. The molecule has 4 heteroatoms. The Balaban J connectivity index is 2.19. The summed E-state index contributed by atoms with van der Waals surface area (Å²) in [4.78, 5) is 25.0. The Labute approximate surface area is 91.3 Å². The Morgan fingerprint density at radius 3 is 2.14 bits per heavy atom. The topological polar surface area (TPSA) is 37.4 Å². The van der Waals surface area contributed by atoms with E-state index in [0.717, 1.165) is 12.8 Å². The van der Waals surface area contributed by atoms with Gasteiger partial charge in [0.1, 0.15) is 0 Å². The van der Waals surface area contributed by atoms with Crippen LogP contribution in [0.15, 0.2) is 12.2 Å². The van der Waals surface area contributed by atoms with E-state index in [-0.39, 0.29) is 23.7 Å². The first-order valence-corrected chi connectivity index (χ1v) is 5.94. The van der Waals surface area contributed by atoms with Crippen LogP contribution < -0.4 is 0 Å². The van der Waals surface area contributed by atoms with Crippen molar-refractivity contribution in [2.75, 3.05) is 11.9 Å². The molecule has 0 N–H and O–H groups in total. The molecule has 2 amide bonds. The number of rotatable bonds is 2.